The molecule has 4 aromatic rings. The van der Waals surface area contributed by atoms with E-state index in [4.69, 9.17) is 9.47 Å². The van der Waals surface area contributed by atoms with Gasteiger partial charge in [0.05, 0.1) is 19.2 Å². The van der Waals surface area contributed by atoms with Gasteiger partial charge >= 0.3 is 6.16 Å². The molecule has 5 rings (SSSR count). The molecule has 0 aromatic heterocycles. The van der Waals surface area contributed by atoms with Crippen molar-refractivity contribution < 1.29 is 19.1 Å². The molecule has 6 nitrogen and oxygen atoms in total. The van der Waals surface area contributed by atoms with Crippen LogP contribution in [0.1, 0.15) is 47.6 Å². The second kappa shape index (κ2) is 13.8. The number of ether oxygens (including phenoxy) is 2. The van der Waals surface area contributed by atoms with Crippen LogP contribution in [-0.4, -0.2) is 54.3 Å². The van der Waals surface area contributed by atoms with E-state index in [1.165, 1.54) is 0 Å². The first-order valence-corrected chi connectivity index (χ1v) is 14.2. The SMILES string of the molecule is CCOC(=O)OC1CN(C(c2ccccc2)c2ccccc2)CCN1C(=O)CC(c1ccccc1)c1ccccc1. The van der Waals surface area contributed by atoms with Gasteiger partial charge in [0.1, 0.15) is 0 Å². The monoisotopic (exact) mass is 548 g/mol. The number of hydrogen-bond acceptors (Lipinski definition) is 5. The van der Waals surface area contributed by atoms with E-state index in [9.17, 15) is 9.59 Å². The molecule has 4 aromatic carbocycles. The maximum absolute atomic E-state index is 14.0. The summed E-state index contributed by atoms with van der Waals surface area (Å²) in [5.41, 5.74) is 4.42. The maximum atomic E-state index is 14.0. The molecule has 0 aliphatic carbocycles. The minimum Gasteiger partial charge on any atom is -0.435 e. The highest BCUT2D eigenvalue weighted by Crippen LogP contribution is 2.33. The Morgan fingerprint density at radius 2 is 1.17 bits per heavy atom. The smallest absolute Gasteiger partial charge is 0.435 e. The molecule has 1 saturated heterocycles. The summed E-state index contributed by atoms with van der Waals surface area (Å²) in [7, 11) is 0. The third-order valence-electron chi connectivity index (χ3n) is 7.56. The second-order valence-electron chi connectivity index (χ2n) is 10.1. The van der Waals surface area contributed by atoms with E-state index in [0.717, 1.165) is 22.3 Å². The molecule has 0 spiro atoms. The summed E-state index contributed by atoms with van der Waals surface area (Å²) in [5.74, 6) is -0.180. The number of nitrogens with zero attached hydrogens (tertiary/aromatic N) is 2. The molecule has 0 N–H and O–H groups in total. The molecule has 0 radical (unpaired) electrons. The van der Waals surface area contributed by atoms with E-state index in [2.05, 4.69) is 53.4 Å². The lowest BCUT2D eigenvalue weighted by atomic mass is 9.88. The van der Waals surface area contributed by atoms with Crippen LogP contribution in [0.5, 0.6) is 0 Å². The second-order valence-corrected chi connectivity index (χ2v) is 10.1. The molecule has 1 heterocycles. The zero-order valence-electron chi connectivity index (χ0n) is 23.3. The van der Waals surface area contributed by atoms with Crippen molar-refractivity contribution in [1.29, 1.82) is 0 Å². The fraction of sp³-hybridized carbons (Fsp3) is 0.257. The van der Waals surface area contributed by atoms with Gasteiger partial charge in [-0.25, -0.2) is 4.79 Å². The van der Waals surface area contributed by atoms with Crippen LogP contribution in [0.25, 0.3) is 0 Å². The third kappa shape index (κ3) is 7.02. The quantitative estimate of drug-likeness (QED) is 0.220. The van der Waals surface area contributed by atoms with Gasteiger partial charge in [0.25, 0.3) is 0 Å². The number of rotatable bonds is 9. The van der Waals surface area contributed by atoms with Gasteiger partial charge in [-0.3, -0.25) is 9.69 Å². The summed E-state index contributed by atoms with van der Waals surface area (Å²) in [4.78, 5) is 30.5. The summed E-state index contributed by atoms with van der Waals surface area (Å²) in [6.07, 6.45) is -1.29. The maximum Gasteiger partial charge on any atom is 0.510 e. The lowest BCUT2D eigenvalue weighted by Gasteiger charge is -2.44. The van der Waals surface area contributed by atoms with E-state index in [-0.39, 0.29) is 30.9 Å². The van der Waals surface area contributed by atoms with Crippen LogP contribution in [-0.2, 0) is 14.3 Å². The van der Waals surface area contributed by atoms with Crippen LogP contribution in [0.2, 0.25) is 0 Å². The predicted octanol–water partition coefficient (Wildman–Crippen LogP) is 6.64. The van der Waals surface area contributed by atoms with Crippen LogP contribution in [0, 0.1) is 0 Å². The van der Waals surface area contributed by atoms with Crippen molar-refractivity contribution in [2.24, 2.45) is 0 Å². The Labute approximate surface area is 242 Å². The summed E-state index contributed by atoms with van der Waals surface area (Å²) < 4.78 is 11.0. The van der Waals surface area contributed by atoms with Crippen molar-refractivity contribution >= 4 is 12.1 Å². The number of piperazine rings is 1. The molecule has 6 heteroatoms. The lowest BCUT2D eigenvalue weighted by Crippen LogP contribution is -2.57. The minimum atomic E-state index is -0.780. The van der Waals surface area contributed by atoms with Gasteiger partial charge in [0, 0.05) is 25.4 Å². The van der Waals surface area contributed by atoms with Crippen molar-refractivity contribution in [2.45, 2.75) is 31.5 Å². The fourth-order valence-electron chi connectivity index (χ4n) is 5.63. The van der Waals surface area contributed by atoms with Crippen LogP contribution in [0.15, 0.2) is 121 Å². The van der Waals surface area contributed by atoms with Crippen molar-refractivity contribution in [1.82, 2.24) is 9.80 Å². The van der Waals surface area contributed by atoms with Gasteiger partial charge in [0.15, 0.2) is 6.23 Å². The lowest BCUT2D eigenvalue weighted by molar-refractivity contribution is -0.151. The number of carbonyl (C=O) groups is 2. The van der Waals surface area contributed by atoms with Crippen LogP contribution in [0.4, 0.5) is 4.79 Å². The summed E-state index contributed by atoms with van der Waals surface area (Å²) in [6.45, 7) is 3.35. The average Bonchev–Trinajstić information content (AvgIpc) is 3.02. The zero-order valence-corrected chi connectivity index (χ0v) is 23.3. The Balaban J connectivity index is 1.42. The van der Waals surface area contributed by atoms with Gasteiger partial charge in [-0.15, -0.1) is 0 Å². The zero-order chi connectivity index (χ0) is 28.4. The van der Waals surface area contributed by atoms with E-state index in [0.29, 0.717) is 19.6 Å². The summed E-state index contributed by atoms with van der Waals surface area (Å²) in [6, 6.07) is 40.7. The van der Waals surface area contributed by atoms with Gasteiger partial charge in [-0.1, -0.05) is 121 Å². The molecule has 1 atom stereocenters. The molecular weight excluding hydrogens is 512 g/mol. The standard InChI is InChI=1S/C35H36N2O4/c1-2-40-35(39)41-33-26-36(34(29-19-11-5-12-20-29)30-21-13-6-14-22-30)23-24-37(33)32(38)25-31(27-15-7-3-8-16-27)28-17-9-4-10-18-28/h3-22,31,33-34H,2,23-26H2,1H3. The van der Waals surface area contributed by atoms with E-state index in [1.807, 2.05) is 72.8 Å². The van der Waals surface area contributed by atoms with E-state index < -0.39 is 12.4 Å². The first kappa shape index (κ1) is 28.1. The number of amides is 1. The molecule has 1 unspecified atom stereocenters. The Morgan fingerprint density at radius 1 is 0.707 bits per heavy atom. The van der Waals surface area contributed by atoms with Crippen molar-refractivity contribution in [2.75, 3.05) is 26.2 Å². The topological polar surface area (TPSA) is 59.1 Å². The first-order valence-electron chi connectivity index (χ1n) is 14.2. The molecule has 1 fully saturated rings. The fourth-order valence-corrected chi connectivity index (χ4v) is 5.63. The Kier molecular flexibility index (Phi) is 9.45. The van der Waals surface area contributed by atoms with Gasteiger partial charge in [-0.2, -0.15) is 0 Å². The van der Waals surface area contributed by atoms with E-state index >= 15 is 0 Å². The predicted molar refractivity (Wildman–Crippen MR) is 159 cm³/mol. The molecule has 41 heavy (non-hydrogen) atoms. The normalized spacial score (nSPS) is 15.6. The molecule has 1 aliphatic heterocycles. The van der Waals surface area contributed by atoms with Crippen molar-refractivity contribution in [3.63, 3.8) is 0 Å². The van der Waals surface area contributed by atoms with Crippen LogP contribution >= 0.6 is 0 Å². The molecule has 1 amide bonds. The summed E-state index contributed by atoms with van der Waals surface area (Å²) >= 11 is 0. The van der Waals surface area contributed by atoms with Crippen LogP contribution in [0.3, 0.4) is 0 Å². The van der Waals surface area contributed by atoms with Gasteiger partial charge in [-0.05, 0) is 29.2 Å². The highest BCUT2D eigenvalue weighted by molar-refractivity contribution is 5.78. The number of carbonyl (C=O) groups excluding carboxylic acids is 2. The molecular formula is C35H36N2O4. The minimum absolute atomic E-state index is 0.0515. The Morgan fingerprint density at radius 3 is 1.63 bits per heavy atom. The third-order valence-corrected chi connectivity index (χ3v) is 7.56. The average molecular weight is 549 g/mol. The summed E-state index contributed by atoms with van der Waals surface area (Å²) in [5, 5.41) is 0. The van der Waals surface area contributed by atoms with Crippen LogP contribution < -0.4 is 0 Å². The molecule has 1 aliphatic rings. The van der Waals surface area contributed by atoms with Gasteiger partial charge < -0.3 is 14.4 Å². The molecule has 0 saturated carbocycles. The highest BCUT2D eigenvalue weighted by Gasteiger charge is 2.38. The molecule has 210 valence electrons. The van der Waals surface area contributed by atoms with Crippen molar-refractivity contribution in [3.05, 3.63) is 144 Å². The number of hydrogen-bond donors (Lipinski definition) is 0. The van der Waals surface area contributed by atoms with Gasteiger partial charge in [0.2, 0.25) is 5.91 Å². The Bertz CT molecular complexity index is 1300. The highest BCUT2D eigenvalue weighted by atomic mass is 16.7. The number of benzene rings is 4. The largest absolute Gasteiger partial charge is 0.510 e. The molecule has 0 bridgehead atoms. The Hall–Kier alpha value is -4.42. The van der Waals surface area contributed by atoms with Crippen molar-refractivity contribution in [3.8, 4) is 0 Å². The van der Waals surface area contributed by atoms with E-state index in [1.54, 1.807) is 11.8 Å². The first-order chi connectivity index (χ1) is 20.1.